The molecule has 44 heavy (non-hydrogen) atoms. The molecule has 0 heterocycles. The van der Waals surface area contributed by atoms with Crippen LogP contribution in [-0.4, -0.2) is 59.3 Å². The van der Waals surface area contributed by atoms with Crippen molar-refractivity contribution in [2.24, 2.45) is 29.6 Å². The second-order valence-electron chi connectivity index (χ2n) is 16.7. The molecular formula is C36H65FO5Si2. The Balaban J connectivity index is 2.39. The largest absolute Gasteiger partial charge is 0.469 e. The maximum absolute atomic E-state index is 16.0. The molecule has 2 rings (SSSR count). The van der Waals surface area contributed by atoms with Crippen LogP contribution in [0.1, 0.15) is 100 Å². The third-order valence-electron chi connectivity index (χ3n) is 10.9. The minimum atomic E-state index is -2.19. The van der Waals surface area contributed by atoms with E-state index < -0.39 is 34.8 Å². The fourth-order valence-corrected chi connectivity index (χ4v) is 8.37. The number of methoxy groups -OCH3 is 1. The van der Waals surface area contributed by atoms with Crippen molar-refractivity contribution >= 4 is 22.6 Å². The Kier molecular flexibility index (Phi) is 14.0. The first kappa shape index (κ1) is 39.2. The van der Waals surface area contributed by atoms with Gasteiger partial charge in [0.1, 0.15) is 0 Å². The Morgan fingerprint density at radius 3 is 2.23 bits per heavy atom. The van der Waals surface area contributed by atoms with Gasteiger partial charge in [-0.1, -0.05) is 98.6 Å². The number of esters is 1. The van der Waals surface area contributed by atoms with Crippen molar-refractivity contribution in [3.05, 3.63) is 12.2 Å². The summed E-state index contributed by atoms with van der Waals surface area (Å²) in [5.41, 5.74) is 0. The number of alkyl halides is 1. The van der Waals surface area contributed by atoms with Crippen molar-refractivity contribution < 1.29 is 27.9 Å². The quantitative estimate of drug-likeness (QED) is 0.0878. The van der Waals surface area contributed by atoms with E-state index in [1.54, 1.807) is 0 Å². The SMILES string of the molecule is CCCC[C@H](C)C[C@@H](/C=C/[C@@H]1[C@@H]([C@@H](F)C#CCC2CC2C(=O)OC)[C@@H](O)C[C@H]1O[Si](C)(C)C(C)(C)C)O[Si](C)(C)C(C)(C)C. The highest BCUT2D eigenvalue weighted by atomic mass is 28.4. The van der Waals surface area contributed by atoms with Crippen LogP contribution in [0.15, 0.2) is 12.2 Å². The Morgan fingerprint density at radius 2 is 1.68 bits per heavy atom. The molecule has 0 saturated heterocycles. The van der Waals surface area contributed by atoms with E-state index in [0.717, 1.165) is 19.3 Å². The highest BCUT2D eigenvalue weighted by molar-refractivity contribution is 6.74. The normalized spacial score (nSPS) is 28.3. The smallest absolute Gasteiger partial charge is 0.308 e. The van der Waals surface area contributed by atoms with Gasteiger partial charge in [0.05, 0.1) is 31.3 Å². The van der Waals surface area contributed by atoms with E-state index in [0.29, 0.717) is 18.8 Å². The molecule has 0 radical (unpaired) electrons. The van der Waals surface area contributed by atoms with Crippen molar-refractivity contribution in [2.45, 2.75) is 161 Å². The molecule has 2 unspecified atom stereocenters. The summed E-state index contributed by atoms with van der Waals surface area (Å²) in [5.74, 6) is 5.12. The van der Waals surface area contributed by atoms with Gasteiger partial charge in [0, 0.05) is 18.3 Å². The van der Waals surface area contributed by atoms with Gasteiger partial charge in [-0.2, -0.15) is 0 Å². The molecule has 5 nitrogen and oxygen atoms in total. The number of aliphatic hydroxyl groups excluding tert-OH is 1. The topological polar surface area (TPSA) is 65.0 Å². The summed E-state index contributed by atoms with van der Waals surface area (Å²) in [6, 6.07) is 0. The zero-order valence-electron chi connectivity index (χ0n) is 30.3. The second kappa shape index (κ2) is 15.7. The molecule has 0 aromatic heterocycles. The Morgan fingerprint density at radius 1 is 1.07 bits per heavy atom. The van der Waals surface area contributed by atoms with Crippen molar-refractivity contribution in [2.75, 3.05) is 7.11 Å². The van der Waals surface area contributed by atoms with Gasteiger partial charge in [-0.25, -0.2) is 4.39 Å². The highest BCUT2D eigenvalue weighted by Gasteiger charge is 2.50. The molecule has 2 aliphatic carbocycles. The minimum absolute atomic E-state index is 0.0116. The van der Waals surface area contributed by atoms with E-state index in [1.165, 1.54) is 20.0 Å². The summed E-state index contributed by atoms with van der Waals surface area (Å²) in [6.07, 6.45) is 7.58. The molecule has 2 saturated carbocycles. The Bertz CT molecular complexity index is 1020. The van der Waals surface area contributed by atoms with Crippen LogP contribution in [0, 0.1) is 41.4 Å². The zero-order chi connectivity index (χ0) is 33.7. The lowest BCUT2D eigenvalue weighted by Gasteiger charge is -2.40. The van der Waals surface area contributed by atoms with Crippen LogP contribution in [-0.2, 0) is 18.4 Å². The predicted octanol–water partition coefficient (Wildman–Crippen LogP) is 9.08. The Labute approximate surface area is 271 Å². The van der Waals surface area contributed by atoms with Crippen LogP contribution < -0.4 is 0 Å². The van der Waals surface area contributed by atoms with Crippen molar-refractivity contribution in [3.8, 4) is 11.8 Å². The standard InChI is InChI=1S/C36H65FO5Si2/c1-14-15-17-25(2)22-27(41-43(10,11)35(3,4)5)20-21-28-32(42-44(12,13)36(6,7)8)24-31(38)33(28)30(37)19-16-18-26-23-29(26)34(39)40-9/h20-21,25-33,38H,14-15,17-18,22-24H2,1-13H3/b21-20+/t25-,26?,27+,28-,29?,30-,31-,32+,33-/m0/s1. The van der Waals surface area contributed by atoms with Gasteiger partial charge in [-0.05, 0) is 67.4 Å². The third-order valence-corrected chi connectivity index (χ3v) is 19.9. The summed E-state index contributed by atoms with van der Waals surface area (Å²) in [6.45, 7) is 26.9. The summed E-state index contributed by atoms with van der Waals surface area (Å²) in [5, 5.41) is 11.3. The van der Waals surface area contributed by atoms with Gasteiger partial charge in [-0.15, -0.1) is 0 Å². The molecule has 0 aliphatic heterocycles. The highest BCUT2D eigenvalue weighted by Crippen LogP contribution is 2.45. The maximum Gasteiger partial charge on any atom is 0.308 e. The van der Waals surface area contributed by atoms with E-state index in [4.69, 9.17) is 13.6 Å². The molecule has 0 aromatic rings. The average molecular weight is 653 g/mol. The lowest BCUT2D eigenvalue weighted by molar-refractivity contribution is -0.142. The summed E-state index contributed by atoms with van der Waals surface area (Å²) < 4.78 is 34.7. The maximum atomic E-state index is 16.0. The number of ether oxygens (including phenoxy) is 1. The van der Waals surface area contributed by atoms with Gasteiger partial charge >= 0.3 is 5.97 Å². The summed E-state index contributed by atoms with van der Waals surface area (Å²) >= 11 is 0. The van der Waals surface area contributed by atoms with Crippen LogP contribution in [0.3, 0.4) is 0 Å². The van der Waals surface area contributed by atoms with E-state index in [-0.39, 0.29) is 46.0 Å². The van der Waals surface area contributed by atoms with E-state index in [9.17, 15) is 9.90 Å². The summed E-state index contributed by atoms with van der Waals surface area (Å²) in [7, 11) is -2.87. The number of unbranched alkanes of at least 4 members (excludes halogenated alkanes) is 1. The molecule has 0 amide bonds. The Hall–Kier alpha value is -0.986. The number of hydrogen-bond donors (Lipinski definition) is 1. The summed E-state index contributed by atoms with van der Waals surface area (Å²) in [4.78, 5) is 11.8. The van der Waals surface area contributed by atoms with Crippen molar-refractivity contribution in [3.63, 3.8) is 0 Å². The minimum Gasteiger partial charge on any atom is -0.469 e. The van der Waals surface area contributed by atoms with E-state index in [1.807, 2.05) is 0 Å². The van der Waals surface area contributed by atoms with Crippen LogP contribution in [0.4, 0.5) is 4.39 Å². The van der Waals surface area contributed by atoms with Crippen LogP contribution in [0.5, 0.6) is 0 Å². The molecule has 0 bridgehead atoms. The van der Waals surface area contributed by atoms with Crippen LogP contribution >= 0.6 is 0 Å². The van der Waals surface area contributed by atoms with Gasteiger partial charge in [0.25, 0.3) is 0 Å². The van der Waals surface area contributed by atoms with Crippen molar-refractivity contribution in [1.82, 2.24) is 0 Å². The molecule has 0 spiro atoms. The van der Waals surface area contributed by atoms with E-state index in [2.05, 4.69) is 106 Å². The van der Waals surface area contributed by atoms with Gasteiger partial charge < -0.3 is 18.7 Å². The average Bonchev–Trinajstić information content (AvgIpc) is 3.59. The van der Waals surface area contributed by atoms with Crippen LogP contribution in [0.25, 0.3) is 0 Å². The fraction of sp³-hybridized carbons (Fsp3) is 0.861. The molecule has 2 aliphatic rings. The second-order valence-corrected chi connectivity index (χ2v) is 26.2. The number of halogens is 1. The molecular weight excluding hydrogens is 588 g/mol. The lowest BCUT2D eigenvalue weighted by atomic mass is 9.88. The predicted molar refractivity (Wildman–Crippen MR) is 185 cm³/mol. The number of carbonyl (C=O) groups excluding carboxylic acids is 1. The van der Waals surface area contributed by atoms with Crippen molar-refractivity contribution in [1.29, 1.82) is 0 Å². The molecule has 1 N–H and O–H groups in total. The molecule has 2 fully saturated rings. The van der Waals surface area contributed by atoms with Gasteiger partial charge in [0.2, 0.25) is 0 Å². The number of hydrogen-bond acceptors (Lipinski definition) is 5. The first-order valence-electron chi connectivity index (χ1n) is 17.1. The van der Waals surface area contributed by atoms with Crippen LogP contribution in [0.2, 0.25) is 36.3 Å². The third kappa shape index (κ3) is 10.8. The first-order chi connectivity index (χ1) is 20.1. The molecule has 9 atom stereocenters. The zero-order valence-corrected chi connectivity index (χ0v) is 32.3. The number of aliphatic hydroxyl groups is 1. The number of carbonyl (C=O) groups is 1. The van der Waals surface area contributed by atoms with Gasteiger partial charge in [-0.3, -0.25) is 4.79 Å². The number of rotatable bonds is 14. The first-order valence-corrected chi connectivity index (χ1v) is 22.9. The lowest BCUT2D eigenvalue weighted by Crippen LogP contribution is -2.45. The van der Waals surface area contributed by atoms with E-state index >= 15 is 4.39 Å². The molecule has 8 heteroatoms. The fourth-order valence-electron chi connectivity index (χ4n) is 5.72. The molecule has 0 aromatic carbocycles. The molecule has 254 valence electrons. The monoisotopic (exact) mass is 652 g/mol. The van der Waals surface area contributed by atoms with Gasteiger partial charge in [0.15, 0.2) is 22.8 Å².